The van der Waals surface area contributed by atoms with Crippen molar-refractivity contribution in [3.63, 3.8) is 0 Å². The number of likely N-dealkylation sites (N-methyl/N-ethyl adjacent to an activating group) is 1. The van der Waals surface area contributed by atoms with Gasteiger partial charge in [0, 0.05) is 42.7 Å². The number of carbonyl (C=O) groups is 1. The third-order valence-electron chi connectivity index (χ3n) is 6.74. The fourth-order valence-corrected chi connectivity index (χ4v) is 4.50. The maximum atomic E-state index is 13.9. The first-order valence-corrected chi connectivity index (χ1v) is 11.0. The van der Waals surface area contributed by atoms with E-state index in [0.29, 0.717) is 18.5 Å². The fourth-order valence-electron chi connectivity index (χ4n) is 4.50. The molecule has 33 heavy (non-hydrogen) atoms. The van der Waals surface area contributed by atoms with Gasteiger partial charge in [-0.3, -0.25) is 14.9 Å². The molecule has 176 valence electrons. The summed E-state index contributed by atoms with van der Waals surface area (Å²) in [5.41, 5.74) is 0.668. The number of nitrogens with one attached hydrogen (secondary N) is 2. The SMILES string of the molecule is CN(C)[C@H](CNC(=O)CC(c1cccnc1)C1(C(F)(F)F)CC1)Cc1ccc2[nH]ncc2c1. The van der Waals surface area contributed by atoms with Crippen molar-refractivity contribution in [2.24, 2.45) is 5.41 Å². The first kappa shape index (κ1) is 23.2. The minimum Gasteiger partial charge on any atom is -0.355 e. The average Bonchev–Trinajstić information content (AvgIpc) is 3.47. The van der Waals surface area contributed by atoms with Crippen molar-refractivity contribution in [1.82, 2.24) is 25.4 Å². The van der Waals surface area contributed by atoms with Gasteiger partial charge in [-0.05, 0) is 62.7 Å². The van der Waals surface area contributed by atoms with Gasteiger partial charge in [0.15, 0.2) is 0 Å². The van der Waals surface area contributed by atoms with Crippen molar-refractivity contribution >= 4 is 16.8 Å². The number of nitrogens with zero attached hydrogens (tertiary/aromatic N) is 3. The molecule has 2 heterocycles. The lowest BCUT2D eigenvalue weighted by Crippen LogP contribution is -2.42. The van der Waals surface area contributed by atoms with Crippen molar-refractivity contribution in [1.29, 1.82) is 0 Å². The first-order valence-electron chi connectivity index (χ1n) is 11.0. The van der Waals surface area contributed by atoms with E-state index in [4.69, 9.17) is 0 Å². The summed E-state index contributed by atoms with van der Waals surface area (Å²) in [6.45, 7) is 0.341. The Bertz CT molecular complexity index is 1090. The third-order valence-corrected chi connectivity index (χ3v) is 6.74. The highest BCUT2D eigenvalue weighted by Crippen LogP contribution is 2.66. The molecule has 1 unspecified atom stereocenters. The van der Waals surface area contributed by atoms with Crippen molar-refractivity contribution < 1.29 is 18.0 Å². The second kappa shape index (κ2) is 9.13. The number of aromatic amines is 1. The van der Waals surface area contributed by atoms with E-state index < -0.39 is 17.5 Å². The van der Waals surface area contributed by atoms with Gasteiger partial charge in [-0.1, -0.05) is 12.1 Å². The van der Waals surface area contributed by atoms with Crippen LogP contribution in [0.5, 0.6) is 0 Å². The predicted octanol–water partition coefficient (Wildman–Crippen LogP) is 4.06. The Morgan fingerprint density at radius 2 is 2.03 bits per heavy atom. The molecular formula is C24H28F3N5O. The summed E-state index contributed by atoms with van der Waals surface area (Å²) in [4.78, 5) is 18.8. The molecule has 2 N–H and O–H groups in total. The van der Waals surface area contributed by atoms with Gasteiger partial charge in [-0.25, -0.2) is 0 Å². The zero-order valence-corrected chi connectivity index (χ0v) is 18.7. The lowest BCUT2D eigenvalue weighted by Gasteiger charge is -2.30. The van der Waals surface area contributed by atoms with Gasteiger partial charge in [0.25, 0.3) is 0 Å². The molecule has 1 fully saturated rings. The fraction of sp³-hybridized carbons (Fsp3) is 0.458. The number of rotatable bonds is 9. The molecule has 0 aliphatic heterocycles. The van der Waals surface area contributed by atoms with Gasteiger partial charge in [0.1, 0.15) is 0 Å². The maximum Gasteiger partial charge on any atom is 0.395 e. The van der Waals surface area contributed by atoms with Crippen LogP contribution in [0.15, 0.2) is 48.9 Å². The minimum absolute atomic E-state index is 0.00681. The zero-order valence-electron chi connectivity index (χ0n) is 18.7. The van der Waals surface area contributed by atoms with E-state index in [-0.39, 0.29) is 31.2 Å². The molecule has 0 bridgehead atoms. The standard InChI is InChI=1S/C24H28F3N5O/c1-32(2)19(11-16-5-6-21-18(10-16)14-30-31-21)15-29-22(33)12-20(17-4-3-9-28-13-17)23(7-8-23)24(25,26)27/h3-6,9-10,13-14,19-20H,7-8,11-12,15H2,1-2H3,(H,29,33)(H,30,31)/t19-,20?/m0/s1. The highest BCUT2D eigenvalue weighted by Gasteiger charge is 2.67. The Morgan fingerprint density at radius 3 is 2.67 bits per heavy atom. The normalized spacial score (nSPS) is 17.2. The summed E-state index contributed by atoms with van der Waals surface area (Å²) in [7, 11) is 3.85. The summed E-state index contributed by atoms with van der Waals surface area (Å²) in [6.07, 6.45) is 0.929. The van der Waals surface area contributed by atoms with E-state index in [1.807, 2.05) is 31.1 Å². The second-order valence-corrected chi connectivity index (χ2v) is 9.11. The van der Waals surface area contributed by atoms with E-state index in [1.165, 1.54) is 12.4 Å². The van der Waals surface area contributed by atoms with Crippen molar-refractivity contribution in [3.8, 4) is 0 Å². The van der Waals surface area contributed by atoms with Crippen LogP contribution >= 0.6 is 0 Å². The number of halogens is 3. The summed E-state index contributed by atoms with van der Waals surface area (Å²) in [5, 5.41) is 10.8. The van der Waals surface area contributed by atoms with E-state index in [1.54, 1.807) is 18.3 Å². The topological polar surface area (TPSA) is 73.9 Å². The molecule has 1 aliphatic rings. The molecule has 0 spiro atoms. The Morgan fingerprint density at radius 1 is 1.24 bits per heavy atom. The van der Waals surface area contributed by atoms with Gasteiger partial charge < -0.3 is 10.2 Å². The number of carbonyl (C=O) groups excluding carboxylic acids is 1. The van der Waals surface area contributed by atoms with Crippen LogP contribution in [-0.2, 0) is 11.2 Å². The van der Waals surface area contributed by atoms with Gasteiger partial charge in [0.2, 0.25) is 5.91 Å². The largest absolute Gasteiger partial charge is 0.395 e. The first-order chi connectivity index (χ1) is 15.7. The molecule has 6 nitrogen and oxygen atoms in total. The molecule has 2 aromatic heterocycles. The van der Waals surface area contributed by atoms with Crippen LogP contribution in [0.2, 0.25) is 0 Å². The lowest BCUT2D eigenvalue weighted by atomic mass is 9.80. The van der Waals surface area contributed by atoms with Crippen LogP contribution in [0, 0.1) is 5.41 Å². The Balaban J connectivity index is 1.43. The lowest BCUT2D eigenvalue weighted by molar-refractivity contribution is -0.194. The van der Waals surface area contributed by atoms with Crippen LogP contribution in [0.4, 0.5) is 13.2 Å². The highest BCUT2D eigenvalue weighted by atomic mass is 19.4. The number of hydrogen-bond acceptors (Lipinski definition) is 4. The van der Waals surface area contributed by atoms with Gasteiger partial charge in [-0.15, -0.1) is 0 Å². The van der Waals surface area contributed by atoms with Crippen molar-refractivity contribution in [3.05, 3.63) is 60.0 Å². The molecular weight excluding hydrogens is 431 g/mol. The Labute approximate surface area is 190 Å². The van der Waals surface area contributed by atoms with Crippen LogP contribution in [0.1, 0.15) is 36.3 Å². The third kappa shape index (κ3) is 5.03. The molecule has 1 aromatic carbocycles. The number of pyridine rings is 1. The number of hydrogen-bond donors (Lipinski definition) is 2. The zero-order chi connectivity index (χ0) is 23.6. The molecule has 1 aliphatic carbocycles. The minimum atomic E-state index is -4.36. The molecule has 0 radical (unpaired) electrons. The monoisotopic (exact) mass is 459 g/mol. The van der Waals surface area contributed by atoms with Gasteiger partial charge in [0.05, 0.1) is 17.1 Å². The van der Waals surface area contributed by atoms with E-state index in [9.17, 15) is 18.0 Å². The van der Waals surface area contributed by atoms with Crippen molar-refractivity contribution in [2.45, 2.75) is 43.8 Å². The average molecular weight is 460 g/mol. The smallest absolute Gasteiger partial charge is 0.355 e. The van der Waals surface area contributed by atoms with Crippen molar-refractivity contribution in [2.75, 3.05) is 20.6 Å². The number of H-pyrrole nitrogens is 1. The predicted molar refractivity (Wildman–Crippen MR) is 120 cm³/mol. The van der Waals surface area contributed by atoms with E-state index in [2.05, 4.69) is 26.6 Å². The summed E-state index contributed by atoms with van der Waals surface area (Å²) < 4.78 is 41.6. The quantitative estimate of drug-likeness (QED) is 0.506. The molecule has 9 heteroatoms. The second-order valence-electron chi connectivity index (χ2n) is 9.11. The Kier molecular flexibility index (Phi) is 6.43. The van der Waals surface area contributed by atoms with Crippen LogP contribution in [-0.4, -0.2) is 58.8 Å². The molecule has 4 rings (SSSR count). The molecule has 1 saturated carbocycles. The summed E-state index contributed by atoms with van der Waals surface area (Å²) in [5.74, 6) is -1.32. The van der Waals surface area contributed by atoms with Crippen LogP contribution in [0.25, 0.3) is 10.9 Å². The molecule has 2 atom stereocenters. The van der Waals surface area contributed by atoms with Crippen LogP contribution in [0.3, 0.4) is 0 Å². The molecule has 1 amide bonds. The van der Waals surface area contributed by atoms with E-state index in [0.717, 1.165) is 16.5 Å². The highest BCUT2D eigenvalue weighted by molar-refractivity contribution is 5.78. The maximum absolute atomic E-state index is 13.9. The number of aromatic nitrogens is 3. The number of fused-ring (bicyclic) bond motifs is 1. The number of benzene rings is 1. The van der Waals surface area contributed by atoms with Gasteiger partial charge in [-0.2, -0.15) is 18.3 Å². The van der Waals surface area contributed by atoms with Gasteiger partial charge >= 0.3 is 6.18 Å². The molecule has 3 aromatic rings. The van der Waals surface area contributed by atoms with E-state index >= 15 is 0 Å². The molecule has 0 saturated heterocycles. The number of alkyl halides is 3. The Hall–Kier alpha value is -2.94. The summed E-state index contributed by atoms with van der Waals surface area (Å²) >= 11 is 0. The number of amides is 1. The van der Waals surface area contributed by atoms with Crippen LogP contribution < -0.4 is 5.32 Å². The summed E-state index contributed by atoms with van der Waals surface area (Å²) in [6, 6.07) is 9.27.